The molecule has 3 aromatic rings. The van der Waals surface area contributed by atoms with E-state index in [1.807, 2.05) is 35.0 Å². The van der Waals surface area contributed by atoms with E-state index in [4.69, 9.17) is 9.52 Å². The molecule has 4 nitrogen and oxygen atoms in total. The minimum atomic E-state index is 0.818. The molecular formula is C15H12BrN3O. The largest absolute Gasteiger partial charge is 0.463 e. The molecule has 0 saturated carbocycles. The molecular weight excluding hydrogens is 318 g/mol. The Balaban J connectivity index is 1.92. The lowest BCUT2D eigenvalue weighted by Crippen LogP contribution is -2.04. The maximum Gasteiger partial charge on any atom is 0.154 e. The van der Waals surface area contributed by atoms with Gasteiger partial charge in [0, 0.05) is 16.6 Å². The number of fused-ring (bicyclic) bond motifs is 1. The standard InChI is InChI=1S/C15H12BrN3O/c16-10-3-1-4-11(9-10)19-15-12(6-7-17-15)14(18-19)13-5-2-8-20-13/h1-5,8-9,17H,6-7H2. The summed E-state index contributed by atoms with van der Waals surface area (Å²) in [5.74, 6) is 1.88. The van der Waals surface area contributed by atoms with Crippen LogP contribution in [0.5, 0.6) is 0 Å². The Morgan fingerprint density at radius 3 is 3.00 bits per heavy atom. The second kappa shape index (κ2) is 4.52. The monoisotopic (exact) mass is 329 g/mol. The van der Waals surface area contributed by atoms with Crippen molar-refractivity contribution in [1.82, 2.24) is 9.78 Å². The molecule has 0 aliphatic carbocycles. The Morgan fingerprint density at radius 2 is 2.20 bits per heavy atom. The van der Waals surface area contributed by atoms with Gasteiger partial charge in [0.25, 0.3) is 0 Å². The summed E-state index contributed by atoms with van der Waals surface area (Å²) in [4.78, 5) is 0. The summed E-state index contributed by atoms with van der Waals surface area (Å²) in [5.41, 5.74) is 3.18. The van der Waals surface area contributed by atoms with E-state index in [-0.39, 0.29) is 0 Å². The topological polar surface area (TPSA) is 43.0 Å². The van der Waals surface area contributed by atoms with Crippen LogP contribution in [0.25, 0.3) is 17.1 Å². The van der Waals surface area contributed by atoms with Gasteiger partial charge in [-0.25, -0.2) is 4.68 Å². The zero-order valence-electron chi connectivity index (χ0n) is 10.6. The van der Waals surface area contributed by atoms with Crippen LogP contribution in [0, 0.1) is 0 Å². The van der Waals surface area contributed by atoms with Crippen molar-refractivity contribution in [1.29, 1.82) is 0 Å². The summed E-state index contributed by atoms with van der Waals surface area (Å²) in [6.45, 7) is 0.939. The van der Waals surface area contributed by atoms with Gasteiger partial charge in [0.15, 0.2) is 5.76 Å². The summed E-state index contributed by atoms with van der Waals surface area (Å²) in [5, 5.41) is 8.14. The van der Waals surface area contributed by atoms with Gasteiger partial charge in [-0.3, -0.25) is 0 Å². The second-order valence-corrected chi connectivity index (χ2v) is 5.64. The highest BCUT2D eigenvalue weighted by Gasteiger charge is 2.25. The highest BCUT2D eigenvalue weighted by Crippen LogP contribution is 2.34. The van der Waals surface area contributed by atoms with Gasteiger partial charge in [0.05, 0.1) is 12.0 Å². The lowest BCUT2D eigenvalue weighted by molar-refractivity contribution is 0.578. The maximum atomic E-state index is 5.50. The van der Waals surface area contributed by atoms with Crippen LogP contribution in [0.3, 0.4) is 0 Å². The van der Waals surface area contributed by atoms with E-state index in [0.717, 1.165) is 40.4 Å². The Hall–Kier alpha value is -2.01. The van der Waals surface area contributed by atoms with Crippen LogP contribution >= 0.6 is 15.9 Å². The first-order valence-corrected chi connectivity index (χ1v) is 7.28. The highest BCUT2D eigenvalue weighted by molar-refractivity contribution is 9.10. The van der Waals surface area contributed by atoms with Gasteiger partial charge < -0.3 is 9.73 Å². The molecule has 1 aromatic carbocycles. The molecule has 100 valence electrons. The summed E-state index contributed by atoms with van der Waals surface area (Å²) in [6.07, 6.45) is 2.65. The number of hydrogen-bond donors (Lipinski definition) is 1. The minimum absolute atomic E-state index is 0.818. The molecule has 0 bridgehead atoms. The predicted molar refractivity (Wildman–Crippen MR) is 81.2 cm³/mol. The average molecular weight is 330 g/mol. The molecule has 0 fully saturated rings. The second-order valence-electron chi connectivity index (χ2n) is 4.72. The molecule has 3 heterocycles. The van der Waals surface area contributed by atoms with Gasteiger partial charge >= 0.3 is 0 Å². The molecule has 0 atom stereocenters. The van der Waals surface area contributed by atoms with E-state index in [2.05, 4.69) is 27.3 Å². The Morgan fingerprint density at radius 1 is 1.25 bits per heavy atom. The van der Waals surface area contributed by atoms with Crippen LogP contribution in [-0.2, 0) is 6.42 Å². The molecule has 0 spiro atoms. The maximum absolute atomic E-state index is 5.50. The third-order valence-corrected chi connectivity index (χ3v) is 3.95. The summed E-state index contributed by atoms with van der Waals surface area (Å²) in [7, 11) is 0. The van der Waals surface area contributed by atoms with Crippen molar-refractivity contribution in [3.05, 3.63) is 52.7 Å². The number of furan rings is 1. The number of rotatable bonds is 2. The average Bonchev–Trinajstić information content (AvgIpc) is 3.15. The first-order valence-electron chi connectivity index (χ1n) is 6.48. The number of benzene rings is 1. The fraction of sp³-hybridized carbons (Fsp3) is 0.133. The molecule has 0 radical (unpaired) electrons. The molecule has 5 heteroatoms. The highest BCUT2D eigenvalue weighted by atomic mass is 79.9. The van der Waals surface area contributed by atoms with Crippen molar-refractivity contribution in [2.75, 3.05) is 11.9 Å². The van der Waals surface area contributed by atoms with Gasteiger partial charge in [-0.05, 0) is 36.8 Å². The van der Waals surface area contributed by atoms with E-state index in [9.17, 15) is 0 Å². The smallest absolute Gasteiger partial charge is 0.154 e. The molecule has 4 rings (SSSR count). The van der Waals surface area contributed by atoms with E-state index in [1.165, 1.54) is 5.56 Å². The van der Waals surface area contributed by atoms with Crippen LogP contribution in [-0.4, -0.2) is 16.3 Å². The number of halogens is 1. The van der Waals surface area contributed by atoms with Crippen molar-refractivity contribution in [2.24, 2.45) is 0 Å². The zero-order valence-corrected chi connectivity index (χ0v) is 12.2. The lowest BCUT2D eigenvalue weighted by Gasteiger charge is -2.06. The molecule has 1 aliphatic heterocycles. The first-order chi connectivity index (χ1) is 9.83. The molecule has 1 N–H and O–H groups in total. The number of nitrogens with zero attached hydrogens (tertiary/aromatic N) is 2. The molecule has 20 heavy (non-hydrogen) atoms. The first kappa shape index (κ1) is 11.8. The normalized spacial score (nSPS) is 13.2. The predicted octanol–water partition coefficient (Wildman–Crippen LogP) is 3.86. The van der Waals surface area contributed by atoms with Crippen LogP contribution in [0.15, 0.2) is 51.6 Å². The van der Waals surface area contributed by atoms with Crippen molar-refractivity contribution in [3.63, 3.8) is 0 Å². The van der Waals surface area contributed by atoms with Crippen LogP contribution in [0.1, 0.15) is 5.56 Å². The van der Waals surface area contributed by atoms with E-state index >= 15 is 0 Å². The van der Waals surface area contributed by atoms with Crippen LogP contribution in [0.2, 0.25) is 0 Å². The molecule has 0 unspecified atom stereocenters. The Labute approximate surface area is 124 Å². The summed E-state index contributed by atoms with van der Waals surface area (Å²) in [6, 6.07) is 12.0. The lowest BCUT2D eigenvalue weighted by atomic mass is 10.2. The van der Waals surface area contributed by atoms with E-state index in [0.29, 0.717) is 0 Å². The van der Waals surface area contributed by atoms with Crippen molar-refractivity contribution >= 4 is 21.7 Å². The number of aromatic nitrogens is 2. The molecule has 0 saturated heterocycles. The fourth-order valence-corrected chi connectivity index (χ4v) is 2.97. The quantitative estimate of drug-likeness (QED) is 0.776. The van der Waals surface area contributed by atoms with Crippen LogP contribution in [0.4, 0.5) is 5.82 Å². The molecule has 1 aliphatic rings. The van der Waals surface area contributed by atoms with Gasteiger partial charge in [0.1, 0.15) is 11.5 Å². The summed E-state index contributed by atoms with van der Waals surface area (Å²) >= 11 is 3.51. The van der Waals surface area contributed by atoms with Gasteiger partial charge in [-0.2, -0.15) is 5.10 Å². The fourth-order valence-electron chi connectivity index (χ4n) is 2.58. The molecule has 2 aromatic heterocycles. The third kappa shape index (κ3) is 1.78. The van der Waals surface area contributed by atoms with Gasteiger partial charge in [0.2, 0.25) is 0 Å². The molecule has 0 amide bonds. The minimum Gasteiger partial charge on any atom is -0.463 e. The summed E-state index contributed by atoms with van der Waals surface area (Å²) < 4.78 is 8.49. The Bertz CT molecular complexity index is 762. The van der Waals surface area contributed by atoms with Crippen LogP contribution < -0.4 is 5.32 Å². The Kier molecular flexibility index (Phi) is 2.67. The number of hydrogen-bond acceptors (Lipinski definition) is 3. The SMILES string of the molecule is Brc1cccc(-n2nc(-c3ccco3)c3c2NCC3)c1. The third-order valence-electron chi connectivity index (χ3n) is 3.46. The van der Waals surface area contributed by atoms with Crippen molar-refractivity contribution in [2.45, 2.75) is 6.42 Å². The van der Waals surface area contributed by atoms with E-state index < -0.39 is 0 Å². The van der Waals surface area contributed by atoms with Gasteiger partial charge in [-0.1, -0.05) is 22.0 Å². The van der Waals surface area contributed by atoms with Crippen molar-refractivity contribution in [3.8, 4) is 17.1 Å². The van der Waals surface area contributed by atoms with Gasteiger partial charge in [-0.15, -0.1) is 0 Å². The number of nitrogens with one attached hydrogen (secondary N) is 1. The zero-order chi connectivity index (χ0) is 13.5. The number of anilines is 1. The van der Waals surface area contributed by atoms with Crippen molar-refractivity contribution < 1.29 is 4.42 Å². The van der Waals surface area contributed by atoms with E-state index in [1.54, 1.807) is 6.26 Å².